The molecule has 0 aliphatic heterocycles. The number of hydrazine groups is 1. The Kier molecular flexibility index (Phi) is 3.83. The molecule has 88 valence electrons. The van der Waals surface area contributed by atoms with Crippen molar-refractivity contribution < 1.29 is 4.39 Å². The molecular formula is C12H11BrFN3. The van der Waals surface area contributed by atoms with E-state index in [9.17, 15) is 4.39 Å². The smallest absolute Gasteiger partial charge is 0.124 e. The topological polar surface area (TPSA) is 50.9 Å². The average molecular weight is 296 g/mol. The number of hydrogen-bond acceptors (Lipinski definition) is 3. The van der Waals surface area contributed by atoms with Gasteiger partial charge in [0, 0.05) is 16.9 Å². The second-order valence-electron chi connectivity index (χ2n) is 3.55. The number of hydrogen-bond donors (Lipinski definition) is 2. The molecule has 3 N–H and O–H groups in total. The largest absolute Gasteiger partial charge is 0.271 e. The lowest BCUT2D eigenvalue weighted by Crippen LogP contribution is -2.29. The Bertz CT molecular complexity index is 504. The van der Waals surface area contributed by atoms with Crippen molar-refractivity contribution >= 4 is 15.9 Å². The Hall–Kier alpha value is -1.30. The van der Waals surface area contributed by atoms with Crippen LogP contribution < -0.4 is 11.3 Å². The fourth-order valence-electron chi connectivity index (χ4n) is 1.65. The van der Waals surface area contributed by atoms with Crippen LogP contribution in [0.4, 0.5) is 4.39 Å². The number of nitrogens with zero attached hydrogens (tertiary/aromatic N) is 1. The summed E-state index contributed by atoms with van der Waals surface area (Å²) in [6, 6.07) is 8.02. The molecule has 0 bridgehead atoms. The number of nitrogens with one attached hydrogen (secondary N) is 1. The number of nitrogens with two attached hydrogens (primary N) is 1. The van der Waals surface area contributed by atoms with Gasteiger partial charge in [0.15, 0.2) is 0 Å². The number of benzene rings is 1. The molecule has 0 spiro atoms. The van der Waals surface area contributed by atoms with Gasteiger partial charge in [0.1, 0.15) is 5.82 Å². The van der Waals surface area contributed by atoms with Gasteiger partial charge in [0.05, 0.1) is 6.04 Å². The maximum absolute atomic E-state index is 13.0. The van der Waals surface area contributed by atoms with Crippen LogP contribution in [0.1, 0.15) is 17.2 Å². The lowest BCUT2D eigenvalue weighted by atomic mass is 10.0. The van der Waals surface area contributed by atoms with Crippen LogP contribution in [0.15, 0.2) is 47.2 Å². The highest BCUT2D eigenvalue weighted by molar-refractivity contribution is 9.10. The summed E-state index contributed by atoms with van der Waals surface area (Å²) in [7, 11) is 0. The molecule has 0 radical (unpaired) electrons. The van der Waals surface area contributed by atoms with Crippen molar-refractivity contribution in [2.24, 2.45) is 5.84 Å². The first kappa shape index (κ1) is 12.2. The van der Waals surface area contributed by atoms with Gasteiger partial charge in [-0.25, -0.2) is 9.82 Å². The second kappa shape index (κ2) is 5.35. The van der Waals surface area contributed by atoms with Crippen LogP contribution in [-0.4, -0.2) is 4.98 Å². The van der Waals surface area contributed by atoms with Crippen molar-refractivity contribution in [1.29, 1.82) is 0 Å². The lowest BCUT2D eigenvalue weighted by molar-refractivity contribution is 0.612. The quantitative estimate of drug-likeness (QED) is 0.676. The maximum Gasteiger partial charge on any atom is 0.124 e. The maximum atomic E-state index is 13.0. The molecule has 0 amide bonds. The molecule has 2 aromatic rings. The van der Waals surface area contributed by atoms with Crippen LogP contribution in [-0.2, 0) is 0 Å². The van der Waals surface area contributed by atoms with Crippen molar-refractivity contribution in [3.63, 3.8) is 0 Å². The van der Waals surface area contributed by atoms with E-state index in [-0.39, 0.29) is 11.9 Å². The highest BCUT2D eigenvalue weighted by atomic mass is 79.9. The van der Waals surface area contributed by atoms with Crippen LogP contribution in [0.5, 0.6) is 0 Å². The molecule has 1 aromatic carbocycles. The van der Waals surface area contributed by atoms with E-state index in [4.69, 9.17) is 5.84 Å². The van der Waals surface area contributed by atoms with Gasteiger partial charge < -0.3 is 0 Å². The molecule has 0 fully saturated rings. The Morgan fingerprint density at radius 2 is 2.18 bits per heavy atom. The molecule has 0 aliphatic rings. The van der Waals surface area contributed by atoms with E-state index in [0.29, 0.717) is 4.47 Å². The average Bonchev–Trinajstić information content (AvgIpc) is 2.34. The highest BCUT2D eigenvalue weighted by Gasteiger charge is 2.15. The molecule has 0 saturated carbocycles. The van der Waals surface area contributed by atoms with Crippen LogP contribution in [0.2, 0.25) is 0 Å². The van der Waals surface area contributed by atoms with Crippen LogP contribution >= 0.6 is 15.9 Å². The number of rotatable bonds is 3. The van der Waals surface area contributed by atoms with Gasteiger partial charge in [-0.05, 0) is 29.3 Å². The van der Waals surface area contributed by atoms with Gasteiger partial charge >= 0.3 is 0 Å². The van der Waals surface area contributed by atoms with E-state index >= 15 is 0 Å². The fourth-order valence-corrected chi connectivity index (χ4v) is 2.23. The number of aromatic nitrogens is 1. The minimum absolute atomic E-state index is 0.223. The summed E-state index contributed by atoms with van der Waals surface area (Å²) in [6.07, 6.45) is 3.41. The summed E-state index contributed by atoms with van der Waals surface area (Å²) in [5.41, 5.74) is 4.48. The van der Waals surface area contributed by atoms with Gasteiger partial charge in [0.2, 0.25) is 0 Å². The van der Waals surface area contributed by atoms with Gasteiger partial charge in [0.25, 0.3) is 0 Å². The van der Waals surface area contributed by atoms with Gasteiger partial charge in [-0.15, -0.1) is 0 Å². The van der Waals surface area contributed by atoms with E-state index in [2.05, 4.69) is 26.3 Å². The number of pyridine rings is 1. The third-order valence-corrected chi connectivity index (χ3v) is 3.14. The molecular weight excluding hydrogens is 285 g/mol. The van der Waals surface area contributed by atoms with E-state index in [1.165, 1.54) is 12.1 Å². The summed E-state index contributed by atoms with van der Waals surface area (Å²) in [4.78, 5) is 4.04. The predicted octanol–water partition coefficient (Wildman–Crippen LogP) is 2.54. The summed E-state index contributed by atoms with van der Waals surface area (Å²) in [6.45, 7) is 0. The highest BCUT2D eigenvalue weighted by Crippen LogP contribution is 2.28. The Morgan fingerprint density at radius 1 is 1.35 bits per heavy atom. The standard InChI is InChI=1S/C12H11BrFN3/c13-11-6-9(14)3-4-10(11)12(17-15)8-2-1-5-16-7-8/h1-7,12,17H,15H2. The molecule has 17 heavy (non-hydrogen) atoms. The number of halogens is 2. The summed E-state index contributed by atoms with van der Waals surface area (Å²) in [5.74, 6) is 5.26. The summed E-state index contributed by atoms with van der Waals surface area (Å²) < 4.78 is 13.7. The first-order valence-corrected chi connectivity index (χ1v) is 5.82. The zero-order valence-corrected chi connectivity index (χ0v) is 10.5. The predicted molar refractivity (Wildman–Crippen MR) is 67.5 cm³/mol. The van der Waals surface area contributed by atoms with Crippen LogP contribution in [0.3, 0.4) is 0 Å². The first-order valence-electron chi connectivity index (χ1n) is 5.03. The van der Waals surface area contributed by atoms with Crippen molar-refractivity contribution in [2.45, 2.75) is 6.04 Å². The Balaban J connectivity index is 2.42. The van der Waals surface area contributed by atoms with E-state index in [1.54, 1.807) is 18.5 Å². The molecule has 1 unspecified atom stereocenters. The molecule has 3 nitrogen and oxygen atoms in total. The minimum Gasteiger partial charge on any atom is -0.271 e. The zero-order valence-electron chi connectivity index (χ0n) is 8.90. The van der Waals surface area contributed by atoms with Crippen molar-refractivity contribution in [3.05, 3.63) is 64.1 Å². The normalized spacial score (nSPS) is 12.4. The molecule has 0 saturated heterocycles. The first-order chi connectivity index (χ1) is 8.22. The van der Waals surface area contributed by atoms with Crippen molar-refractivity contribution in [2.75, 3.05) is 0 Å². The fraction of sp³-hybridized carbons (Fsp3) is 0.0833. The van der Waals surface area contributed by atoms with Gasteiger partial charge in [-0.2, -0.15) is 0 Å². The Labute approximate surface area is 107 Å². The molecule has 1 heterocycles. The van der Waals surface area contributed by atoms with Crippen LogP contribution in [0, 0.1) is 5.82 Å². The molecule has 1 atom stereocenters. The minimum atomic E-state index is -0.289. The molecule has 5 heteroatoms. The lowest BCUT2D eigenvalue weighted by Gasteiger charge is -2.17. The van der Waals surface area contributed by atoms with E-state index in [1.807, 2.05) is 12.1 Å². The molecule has 0 aliphatic carbocycles. The van der Waals surface area contributed by atoms with Crippen molar-refractivity contribution in [1.82, 2.24) is 10.4 Å². The molecule has 2 rings (SSSR count). The molecule has 1 aromatic heterocycles. The monoisotopic (exact) mass is 295 g/mol. The third kappa shape index (κ3) is 2.69. The second-order valence-corrected chi connectivity index (χ2v) is 4.41. The SMILES string of the molecule is NNC(c1cccnc1)c1ccc(F)cc1Br. The zero-order chi connectivity index (χ0) is 12.3. The van der Waals surface area contributed by atoms with Gasteiger partial charge in [-0.3, -0.25) is 10.8 Å². The summed E-state index contributed by atoms with van der Waals surface area (Å²) in [5, 5.41) is 0. The van der Waals surface area contributed by atoms with Crippen molar-refractivity contribution in [3.8, 4) is 0 Å². The third-order valence-electron chi connectivity index (χ3n) is 2.46. The van der Waals surface area contributed by atoms with E-state index < -0.39 is 0 Å². The van der Waals surface area contributed by atoms with Gasteiger partial charge in [-0.1, -0.05) is 28.1 Å². The van der Waals surface area contributed by atoms with E-state index in [0.717, 1.165) is 11.1 Å². The summed E-state index contributed by atoms with van der Waals surface area (Å²) >= 11 is 3.33. The van der Waals surface area contributed by atoms with Crippen LogP contribution in [0.25, 0.3) is 0 Å². The Morgan fingerprint density at radius 3 is 2.76 bits per heavy atom.